The van der Waals surface area contributed by atoms with Gasteiger partial charge in [-0.05, 0) is 18.6 Å². The maximum absolute atomic E-state index is 13.8. The molecule has 1 aromatic rings. The lowest BCUT2D eigenvalue weighted by molar-refractivity contribution is 0.0758. The molecule has 100 valence electrons. The molecule has 0 spiro atoms. The van der Waals surface area contributed by atoms with Crippen molar-refractivity contribution in [1.82, 2.24) is 4.90 Å². The minimum absolute atomic E-state index is 0.00870. The number of nitrogens with zero attached hydrogens (tertiary/aromatic N) is 1. The summed E-state index contributed by atoms with van der Waals surface area (Å²) < 4.78 is 18.8. The van der Waals surface area contributed by atoms with Gasteiger partial charge in [0.05, 0.1) is 7.11 Å². The Balaban J connectivity index is 3.07. The number of hydrogen-bond donors (Lipinski definition) is 0. The van der Waals surface area contributed by atoms with Crippen LogP contribution in [0.2, 0.25) is 0 Å². The van der Waals surface area contributed by atoms with Crippen molar-refractivity contribution in [3.63, 3.8) is 0 Å². The number of carbonyl (C=O) groups excluding carboxylic acids is 1. The summed E-state index contributed by atoms with van der Waals surface area (Å²) in [6.45, 7) is 3.12. The molecule has 0 atom stereocenters. The van der Waals surface area contributed by atoms with Gasteiger partial charge in [0.15, 0.2) is 0 Å². The summed E-state index contributed by atoms with van der Waals surface area (Å²) in [5.74, 6) is -0.600. The summed E-state index contributed by atoms with van der Waals surface area (Å²) >= 11 is 3.30. The standard InChI is InChI=1S/C13H17BrFNO2/c1-3-8-16(9-7-14)13(17)12-10(15)5-4-6-11(12)18-2/h4-6H,3,7-9H2,1-2H3. The van der Waals surface area contributed by atoms with E-state index in [9.17, 15) is 9.18 Å². The normalized spacial score (nSPS) is 10.2. The molecule has 0 radical (unpaired) electrons. The Labute approximate surface area is 115 Å². The van der Waals surface area contributed by atoms with Crippen molar-refractivity contribution in [1.29, 1.82) is 0 Å². The average molecular weight is 318 g/mol. The average Bonchev–Trinajstić information content (AvgIpc) is 2.37. The van der Waals surface area contributed by atoms with E-state index in [2.05, 4.69) is 15.9 Å². The highest BCUT2D eigenvalue weighted by Gasteiger charge is 2.22. The molecule has 5 heteroatoms. The lowest BCUT2D eigenvalue weighted by Crippen LogP contribution is -2.34. The lowest BCUT2D eigenvalue weighted by atomic mass is 10.1. The van der Waals surface area contributed by atoms with Gasteiger partial charge in [0.1, 0.15) is 17.1 Å². The fraction of sp³-hybridized carbons (Fsp3) is 0.462. The highest BCUT2D eigenvalue weighted by Crippen LogP contribution is 2.23. The predicted molar refractivity (Wildman–Crippen MR) is 72.9 cm³/mol. The van der Waals surface area contributed by atoms with Crippen LogP contribution >= 0.6 is 15.9 Å². The number of halogens is 2. The van der Waals surface area contributed by atoms with Crippen molar-refractivity contribution >= 4 is 21.8 Å². The second-order valence-corrected chi connectivity index (χ2v) is 4.59. The van der Waals surface area contributed by atoms with Crippen molar-refractivity contribution in [3.05, 3.63) is 29.6 Å². The van der Waals surface area contributed by atoms with Crippen LogP contribution in [0.1, 0.15) is 23.7 Å². The Kier molecular flexibility index (Phi) is 6.12. The van der Waals surface area contributed by atoms with Gasteiger partial charge in [0, 0.05) is 18.4 Å². The molecule has 0 aliphatic carbocycles. The second-order valence-electron chi connectivity index (χ2n) is 3.80. The molecule has 1 rings (SSSR count). The fourth-order valence-electron chi connectivity index (χ4n) is 1.73. The number of amides is 1. The van der Waals surface area contributed by atoms with Crippen LogP contribution in [0.4, 0.5) is 4.39 Å². The van der Waals surface area contributed by atoms with Crippen molar-refractivity contribution in [3.8, 4) is 5.75 Å². The molecule has 0 heterocycles. The Hall–Kier alpha value is -1.10. The zero-order chi connectivity index (χ0) is 13.5. The van der Waals surface area contributed by atoms with Crippen molar-refractivity contribution in [2.75, 3.05) is 25.5 Å². The van der Waals surface area contributed by atoms with Crippen LogP contribution in [0.25, 0.3) is 0 Å². The number of ether oxygens (including phenoxy) is 1. The van der Waals surface area contributed by atoms with Gasteiger partial charge < -0.3 is 9.64 Å². The third kappa shape index (κ3) is 3.45. The third-order valence-corrected chi connectivity index (χ3v) is 2.90. The smallest absolute Gasteiger partial charge is 0.260 e. The predicted octanol–water partition coefficient (Wildman–Crippen LogP) is 3.08. The summed E-state index contributed by atoms with van der Waals surface area (Å²) in [4.78, 5) is 13.9. The summed E-state index contributed by atoms with van der Waals surface area (Å²) in [6.07, 6.45) is 0.829. The van der Waals surface area contributed by atoms with E-state index in [1.54, 1.807) is 11.0 Å². The van der Waals surface area contributed by atoms with Gasteiger partial charge in [-0.25, -0.2) is 4.39 Å². The second kappa shape index (κ2) is 7.36. The zero-order valence-corrected chi connectivity index (χ0v) is 12.2. The molecule has 0 saturated heterocycles. The largest absolute Gasteiger partial charge is 0.496 e. The lowest BCUT2D eigenvalue weighted by Gasteiger charge is -2.22. The van der Waals surface area contributed by atoms with Crippen LogP contribution in [0.15, 0.2) is 18.2 Å². The quantitative estimate of drug-likeness (QED) is 0.755. The van der Waals surface area contributed by atoms with Gasteiger partial charge in [-0.15, -0.1) is 0 Å². The molecule has 0 bridgehead atoms. The molecular weight excluding hydrogens is 301 g/mol. The number of carbonyl (C=O) groups is 1. The monoisotopic (exact) mass is 317 g/mol. The number of alkyl halides is 1. The number of rotatable bonds is 6. The molecule has 1 aromatic carbocycles. The van der Waals surface area contributed by atoms with E-state index >= 15 is 0 Å². The van der Waals surface area contributed by atoms with Crippen LogP contribution in [0.3, 0.4) is 0 Å². The molecule has 1 amide bonds. The molecule has 0 aromatic heterocycles. The summed E-state index contributed by atoms with van der Waals surface area (Å²) in [7, 11) is 1.43. The van der Waals surface area contributed by atoms with Gasteiger partial charge in [0.2, 0.25) is 0 Å². The van der Waals surface area contributed by atoms with E-state index < -0.39 is 5.82 Å². The molecule has 18 heavy (non-hydrogen) atoms. The highest BCUT2D eigenvalue weighted by atomic mass is 79.9. The first kappa shape index (κ1) is 15.0. The van der Waals surface area contributed by atoms with E-state index in [-0.39, 0.29) is 17.2 Å². The van der Waals surface area contributed by atoms with E-state index in [0.29, 0.717) is 18.4 Å². The Morgan fingerprint density at radius 2 is 2.17 bits per heavy atom. The van der Waals surface area contributed by atoms with Gasteiger partial charge in [-0.1, -0.05) is 28.9 Å². The first-order valence-electron chi connectivity index (χ1n) is 5.83. The molecule has 0 aliphatic heterocycles. The van der Waals surface area contributed by atoms with E-state index in [0.717, 1.165) is 6.42 Å². The van der Waals surface area contributed by atoms with E-state index in [1.165, 1.54) is 19.2 Å². The van der Waals surface area contributed by atoms with Gasteiger partial charge in [0.25, 0.3) is 5.91 Å². The molecule has 3 nitrogen and oxygen atoms in total. The van der Waals surface area contributed by atoms with Crippen molar-refractivity contribution in [2.24, 2.45) is 0 Å². The maximum Gasteiger partial charge on any atom is 0.260 e. The summed E-state index contributed by atoms with van der Waals surface area (Å²) in [5, 5.41) is 0.662. The Bertz CT molecular complexity index is 406. The van der Waals surface area contributed by atoms with Gasteiger partial charge in [-0.2, -0.15) is 0 Å². The number of benzene rings is 1. The van der Waals surface area contributed by atoms with E-state index in [1.807, 2.05) is 6.92 Å². The Morgan fingerprint density at radius 3 is 2.72 bits per heavy atom. The summed E-state index contributed by atoms with van der Waals surface area (Å²) in [6, 6.07) is 4.39. The third-order valence-electron chi connectivity index (χ3n) is 2.54. The highest BCUT2D eigenvalue weighted by molar-refractivity contribution is 9.09. The first-order chi connectivity index (χ1) is 8.65. The van der Waals surface area contributed by atoms with Gasteiger partial charge >= 0.3 is 0 Å². The van der Waals surface area contributed by atoms with Crippen LogP contribution in [-0.4, -0.2) is 36.3 Å². The first-order valence-corrected chi connectivity index (χ1v) is 6.95. The minimum atomic E-state index is -0.546. The van der Waals surface area contributed by atoms with Crippen molar-refractivity contribution in [2.45, 2.75) is 13.3 Å². The van der Waals surface area contributed by atoms with Crippen LogP contribution < -0.4 is 4.74 Å². The molecule has 0 unspecified atom stereocenters. The summed E-state index contributed by atoms with van der Waals surface area (Å²) in [5.41, 5.74) is 0.00870. The fourth-order valence-corrected chi connectivity index (χ4v) is 2.16. The maximum atomic E-state index is 13.8. The Morgan fingerprint density at radius 1 is 1.44 bits per heavy atom. The minimum Gasteiger partial charge on any atom is -0.496 e. The van der Waals surface area contributed by atoms with Crippen LogP contribution in [0, 0.1) is 5.82 Å². The van der Waals surface area contributed by atoms with E-state index in [4.69, 9.17) is 4.74 Å². The SMILES string of the molecule is CCCN(CCBr)C(=O)c1c(F)cccc1OC. The molecular formula is C13H17BrFNO2. The topological polar surface area (TPSA) is 29.5 Å². The zero-order valence-electron chi connectivity index (χ0n) is 10.6. The van der Waals surface area contributed by atoms with Crippen LogP contribution in [0.5, 0.6) is 5.75 Å². The molecule has 0 N–H and O–H groups in total. The molecule has 0 aliphatic rings. The number of hydrogen-bond acceptors (Lipinski definition) is 2. The van der Waals surface area contributed by atoms with Crippen molar-refractivity contribution < 1.29 is 13.9 Å². The molecule has 0 fully saturated rings. The molecule has 0 saturated carbocycles. The number of methoxy groups -OCH3 is 1. The van der Waals surface area contributed by atoms with Crippen LogP contribution in [-0.2, 0) is 0 Å². The van der Waals surface area contributed by atoms with Gasteiger partial charge in [-0.3, -0.25) is 4.79 Å².